The normalized spacial score (nSPS) is 18.6. The average Bonchev–Trinajstić information content (AvgIpc) is 2.67. The Kier molecular flexibility index (Phi) is 3.87. The molecular formula is C12H19N3O2S. The lowest BCUT2D eigenvalue weighted by atomic mass is 9.82. The predicted octanol–water partition coefficient (Wildman–Crippen LogP) is 1.58. The van der Waals surface area contributed by atoms with Gasteiger partial charge in [0, 0.05) is 19.8 Å². The van der Waals surface area contributed by atoms with E-state index in [0.717, 1.165) is 26.1 Å². The van der Waals surface area contributed by atoms with Crippen LogP contribution in [0.5, 0.6) is 0 Å². The molecule has 0 radical (unpaired) electrons. The van der Waals surface area contributed by atoms with E-state index in [1.54, 1.807) is 6.92 Å². The lowest BCUT2D eigenvalue weighted by Gasteiger charge is -2.33. The van der Waals surface area contributed by atoms with Gasteiger partial charge in [-0.15, -0.1) is 0 Å². The molecule has 1 aromatic rings. The number of ether oxygens (including phenoxy) is 1. The minimum Gasteiger partial charge on any atom is -0.381 e. The van der Waals surface area contributed by atoms with Gasteiger partial charge >= 0.3 is 0 Å². The van der Waals surface area contributed by atoms with Crippen molar-refractivity contribution in [1.82, 2.24) is 10.3 Å². The van der Waals surface area contributed by atoms with Gasteiger partial charge in [-0.05, 0) is 25.2 Å². The Labute approximate surface area is 111 Å². The van der Waals surface area contributed by atoms with Crippen molar-refractivity contribution < 1.29 is 9.53 Å². The number of nitrogens with zero attached hydrogens (tertiary/aromatic N) is 1. The molecule has 1 fully saturated rings. The molecule has 0 aromatic carbocycles. The Bertz CT molecular complexity index is 439. The average molecular weight is 269 g/mol. The minimum atomic E-state index is -0.0746. The summed E-state index contributed by atoms with van der Waals surface area (Å²) in [7, 11) is 0. The Morgan fingerprint density at radius 2 is 2.22 bits per heavy atom. The summed E-state index contributed by atoms with van der Waals surface area (Å²) in [6, 6.07) is 0. The van der Waals surface area contributed by atoms with E-state index in [1.165, 1.54) is 11.3 Å². The minimum absolute atomic E-state index is 0.0746. The van der Waals surface area contributed by atoms with Crippen molar-refractivity contribution >= 4 is 22.4 Å². The molecular weight excluding hydrogens is 250 g/mol. The molecule has 2 rings (SSSR count). The first-order chi connectivity index (χ1) is 8.50. The molecule has 0 saturated carbocycles. The molecule has 1 aliphatic rings. The maximum Gasteiger partial charge on any atom is 0.263 e. The summed E-state index contributed by atoms with van der Waals surface area (Å²) in [5.74, 6) is -0.0746. The fourth-order valence-electron chi connectivity index (χ4n) is 2.04. The molecule has 1 aromatic heterocycles. The summed E-state index contributed by atoms with van der Waals surface area (Å²) in [5, 5.41) is 3.42. The Hall–Kier alpha value is -1.14. The zero-order valence-electron chi connectivity index (χ0n) is 10.8. The molecule has 5 nitrogen and oxygen atoms in total. The molecule has 0 bridgehead atoms. The van der Waals surface area contributed by atoms with Crippen molar-refractivity contribution in [3.63, 3.8) is 0 Å². The number of nitrogens with two attached hydrogens (primary N) is 1. The second-order valence-electron chi connectivity index (χ2n) is 5.07. The number of nitrogen functional groups attached to an aromatic ring is 1. The van der Waals surface area contributed by atoms with Gasteiger partial charge in [0.2, 0.25) is 0 Å². The number of thiazole rings is 1. The van der Waals surface area contributed by atoms with Gasteiger partial charge in [0.15, 0.2) is 5.13 Å². The van der Waals surface area contributed by atoms with Crippen LogP contribution < -0.4 is 11.1 Å². The Balaban J connectivity index is 1.94. The van der Waals surface area contributed by atoms with Gasteiger partial charge < -0.3 is 15.8 Å². The second kappa shape index (κ2) is 5.24. The van der Waals surface area contributed by atoms with E-state index in [2.05, 4.69) is 17.2 Å². The van der Waals surface area contributed by atoms with Gasteiger partial charge in [0.25, 0.3) is 5.91 Å². The maximum atomic E-state index is 12.0. The molecule has 0 spiro atoms. The summed E-state index contributed by atoms with van der Waals surface area (Å²) in [5.41, 5.74) is 6.43. The number of amides is 1. The first-order valence-corrected chi connectivity index (χ1v) is 6.91. The van der Waals surface area contributed by atoms with E-state index in [9.17, 15) is 4.79 Å². The highest BCUT2D eigenvalue weighted by molar-refractivity contribution is 7.17. The highest BCUT2D eigenvalue weighted by Crippen LogP contribution is 2.29. The van der Waals surface area contributed by atoms with Crippen molar-refractivity contribution in [2.24, 2.45) is 5.41 Å². The molecule has 1 aliphatic heterocycles. The molecule has 1 amide bonds. The molecule has 2 heterocycles. The zero-order chi connectivity index (χ0) is 13.2. The number of hydrogen-bond donors (Lipinski definition) is 2. The van der Waals surface area contributed by atoms with Crippen LogP contribution in [0.25, 0.3) is 0 Å². The zero-order valence-corrected chi connectivity index (χ0v) is 11.6. The number of hydrogen-bond acceptors (Lipinski definition) is 5. The van der Waals surface area contributed by atoms with Gasteiger partial charge in [0.05, 0.1) is 5.69 Å². The maximum absolute atomic E-state index is 12.0. The molecule has 0 aliphatic carbocycles. The number of aryl methyl sites for hydroxylation is 1. The molecule has 6 heteroatoms. The first kappa shape index (κ1) is 13.3. The van der Waals surface area contributed by atoms with E-state index in [-0.39, 0.29) is 11.3 Å². The highest BCUT2D eigenvalue weighted by atomic mass is 32.1. The third-order valence-corrected chi connectivity index (χ3v) is 4.38. The van der Waals surface area contributed by atoms with Crippen LogP contribution in [0.15, 0.2) is 0 Å². The first-order valence-electron chi connectivity index (χ1n) is 6.09. The van der Waals surface area contributed by atoms with Crippen LogP contribution in [-0.2, 0) is 4.74 Å². The SMILES string of the molecule is Cc1nc(N)sc1C(=O)NCC1(C)CCOCC1. The largest absolute Gasteiger partial charge is 0.381 e. The van der Waals surface area contributed by atoms with Crippen molar-refractivity contribution in [2.45, 2.75) is 26.7 Å². The number of carbonyl (C=O) groups is 1. The van der Waals surface area contributed by atoms with Crippen LogP contribution in [-0.4, -0.2) is 30.6 Å². The van der Waals surface area contributed by atoms with Crippen molar-refractivity contribution in [2.75, 3.05) is 25.5 Å². The van der Waals surface area contributed by atoms with E-state index >= 15 is 0 Å². The predicted molar refractivity (Wildman–Crippen MR) is 71.8 cm³/mol. The summed E-state index contributed by atoms with van der Waals surface area (Å²) < 4.78 is 5.34. The van der Waals surface area contributed by atoms with E-state index < -0.39 is 0 Å². The van der Waals surface area contributed by atoms with E-state index in [4.69, 9.17) is 10.5 Å². The van der Waals surface area contributed by atoms with Crippen molar-refractivity contribution in [1.29, 1.82) is 0 Å². The van der Waals surface area contributed by atoms with Crippen LogP contribution in [0.4, 0.5) is 5.13 Å². The van der Waals surface area contributed by atoms with Gasteiger partial charge in [-0.2, -0.15) is 0 Å². The number of aromatic nitrogens is 1. The second-order valence-corrected chi connectivity index (χ2v) is 6.10. The van der Waals surface area contributed by atoms with Crippen LogP contribution in [0.2, 0.25) is 0 Å². The Morgan fingerprint density at radius 3 is 2.78 bits per heavy atom. The monoisotopic (exact) mass is 269 g/mol. The lowest BCUT2D eigenvalue weighted by Crippen LogP contribution is -2.39. The number of anilines is 1. The smallest absolute Gasteiger partial charge is 0.263 e. The van der Waals surface area contributed by atoms with Crippen molar-refractivity contribution in [3.8, 4) is 0 Å². The molecule has 1 saturated heterocycles. The third-order valence-electron chi connectivity index (χ3n) is 3.39. The van der Waals surface area contributed by atoms with Crippen molar-refractivity contribution in [3.05, 3.63) is 10.6 Å². The van der Waals surface area contributed by atoms with Gasteiger partial charge in [0.1, 0.15) is 4.88 Å². The van der Waals surface area contributed by atoms with Crippen LogP contribution in [0.1, 0.15) is 35.1 Å². The summed E-state index contributed by atoms with van der Waals surface area (Å²) >= 11 is 1.24. The number of nitrogens with one attached hydrogen (secondary N) is 1. The van der Waals surface area contributed by atoms with Gasteiger partial charge in [-0.1, -0.05) is 18.3 Å². The fraction of sp³-hybridized carbons (Fsp3) is 0.667. The molecule has 0 unspecified atom stereocenters. The summed E-state index contributed by atoms with van der Waals surface area (Å²) in [4.78, 5) is 16.7. The quantitative estimate of drug-likeness (QED) is 0.873. The topological polar surface area (TPSA) is 77.2 Å². The molecule has 18 heavy (non-hydrogen) atoms. The van der Waals surface area contributed by atoms with Crippen LogP contribution >= 0.6 is 11.3 Å². The van der Waals surface area contributed by atoms with Gasteiger partial charge in [-0.25, -0.2) is 4.98 Å². The Morgan fingerprint density at radius 1 is 1.56 bits per heavy atom. The fourth-order valence-corrected chi connectivity index (χ4v) is 2.79. The van der Waals surface area contributed by atoms with E-state index in [1.807, 2.05) is 0 Å². The summed E-state index contributed by atoms with van der Waals surface area (Å²) in [6.45, 7) is 6.21. The highest BCUT2D eigenvalue weighted by Gasteiger charge is 2.28. The molecule has 100 valence electrons. The number of carbonyl (C=O) groups excluding carboxylic acids is 1. The standard InChI is InChI=1S/C12H19N3O2S/c1-8-9(18-11(13)15-8)10(16)14-7-12(2)3-5-17-6-4-12/h3-7H2,1-2H3,(H2,13,15)(H,14,16). The van der Waals surface area contributed by atoms with E-state index in [0.29, 0.717) is 22.2 Å². The van der Waals surface area contributed by atoms with Crippen LogP contribution in [0.3, 0.4) is 0 Å². The van der Waals surface area contributed by atoms with Crippen LogP contribution in [0, 0.1) is 12.3 Å². The third kappa shape index (κ3) is 3.00. The van der Waals surface area contributed by atoms with Gasteiger partial charge in [-0.3, -0.25) is 4.79 Å². The summed E-state index contributed by atoms with van der Waals surface area (Å²) in [6.07, 6.45) is 1.97. The lowest BCUT2D eigenvalue weighted by molar-refractivity contribution is 0.0238. The number of rotatable bonds is 3. The molecule has 3 N–H and O–H groups in total. The molecule has 0 atom stereocenters.